The van der Waals surface area contributed by atoms with Gasteiger partial charge in [-0.2, -0.15) is 0 Å². The van der Waals surface area contributed by atoms with Gasteiger partial charge in [0.1, 0.15) is 23.7 Å². The molecule has 3 aromatic rings. The van der Waals surface area contributed by atoms with E-state index in [2.05, 4.69) is 20.6 Å². The fraction of sp³-hybridized carbons (Fsp3) is 0.474. The third kappa shape index (κ3) is 12.7. The van der Waals surface area contributed by atoms with Gasteiger partial charge in [-0.05, 0) is 50.3 Å². The van der Waals surface area contributed by atoms with Gasteiger partial charge >= 0.3 is 12.1 Å². The van der Waals surface area contributed by atoms with Crippen molar-refractivity contribution in [1.82, 2.24) is 25.5 Å². The zero-order valence-electron chi connectivity index (χ0n) is 31.2. The van der Waals surface area contributed by atoms with Crippen LogP contribution in [0.3, 0.4) is 0 Å². The number of alkyl carbamates (subject to hydrolysis) is 1. The number of hydrogen-bond donors (Lipinski definition) is 6. The van der Waals surface area contributed by atoms with Crippen molar-refractivity contribution in [3.8, 4) is 0 Å². The first kappa shape index (κ1) is 42.1. The molecule has 3 rings (SSSR count). The van der Waals surface area contributed by atoms with Crippen LogP contribution in [-0.2, 0) is 47.9 Å². The molecule has 1 unspecified atom stereocenters. The van der Waals surface area contributed by atoms with E-state index in [9.17, 15) is 29.1 Å². The molecule has 0 aliphatic carbocycles. The Balaban J connectivity index is 2.01. The van der Waals surface area contributed by atoms with Crippen LogP contribution in [0.4, 0.5) is 10.5 Å². The van der Waals surface area contributed by atoms with Crippen molar-refractivity contribution in [3.63, 3.8) is 0 Å². The van der Waals surface area contributed by atoms with E-state index in [1.165, 1.54) is 12.5 Å². The average molecular weight is 736 g/mol. The van der Waals surface area contributed by atoms with Gasteiger partial charge in [0.15, 0.2) is 0 Å². The van der Waals surface area contributed by atoms with Crippen LogP contribution in [-0.4, -0.2) is 92.7 Å². The summed E-state index contributed by atoms with van der Waals surface area (Å²) in [4.78, 5) is 76.9. The molecular formula is C38H53N7O8. The van der Waals surface area contributed by atoms with Crippen molar-refractivity contribution in [1.29, 1.82) is 0 Å². The van der Waals surface area contributed by atoms with Crippen molar-refractivity contribution >= 4 is 35.5 Å². The topological polar surface area (TPSA) is 232 Å². The zero-order valence-corrected chi connectivity index (χ0v) is 31.2. The van der Waals surface area contributed by atoms with E-state index in [0.717, 1.165) is 12.0 Å². The number of nitrogens with one attached hydrogen (secondary N) is 3. The van der Waals surface area contributed by atoms with Crippen LogP contribution in [0.5, 0.6) is 0 Å². The molecule has 1 aromatic heterocycles. The van der Waals surface area contributed by atoms with Gasteiger partial charge < -0.3 is 41.7 Å². The number of methoxy groups -OCH3 is 1. The Morgan fingerprint density at radius 1 is 0.962 bits per heavy atom. The Hall–Kier alpha value is -5.28. The Morgan fingerprint density at radius 2 is 1.62 bits per heavy atom. The first-order valence-corrected chi connectivity index (χ1v) is 17.6. The number of esters is 1. The molecule has 1 heterocycles. The van der Waals surface area contributed by atoms with Crippen LogP contribution in [0.25, 0.3) is 0 Å². The molecule has 0 radical (unpaired) electrons. The number of ether oxygens (including phenoxy) is 2. The number of aromatic nitrogens is 2. The number of hydrogen-bond acceptors (Lipinski definition) is 11. The quantitative estimate of drug-likeness (QED) is 0.0871. The van der Waals surface area contributed by atoms with E-state index in [4.69, 9.17) is 20.9 Å². The van der Waals surface area contributed by atoms with Gasteiger partial charge in [-0.15, -0.1) is 0 Å². The normalized spacial score (nSPS) is 14.8. The first-order chi connectivity index (χ1) is 25.0. The van der Waals surface area contributed by atoms with Crippen LogP contribution in [0.15, 0.2) is 67.1 Å². The van der Waals surface area contributed by atoms with Crippen LogP contribution in [0.2, 0.25) is 0 Å². The second kappa shape index (κ2) is 19.5. The standard InChI is InChI=1S/C38H53N7O8/c1-7-23(2)33(36(50)52-6)45(32(47)20-31(46)28(40)18-25-15-11-12-16-27(25)39)35(49)30(19-26-21-41-22-42-26)43-34(48)29(17-24-13-9-8-10-14-24)44-37(51)53-38(3,4)5/h8-16,21-23,28-31,33,46H,7,17-20,39-40H2,1-6H3,(H,41,42)(H,43,48)(H,44,51)/t23-,28-,29-,30-,31?,33-/m0/s1. The zero-order chi connectivity index (χ0) is 39.3. The predicted octanol–water partition coefficient (Wildman–Crippen LogP) is 2.42. The summed E-state index contributed by atoms with van der Waals surface area (Å²) in [6.45, 7) is 8.50. The molecule has 0 spiro atoms. The number of carbonyl (C=O) groups excluding carboxylic acids is 5. The van der Waals surface area contributed by atoms with E-state index in [1.54, 1.807) is 89.2 Å². The number of carbonyl (C=O) groups is 5. The lowest BCUT2D eigenvalue weighted by Gasteiger charge is -2.35. The van der Waals surface area contributed by atoms with Gasteiger partial charge in [-0.3, -0.25) is 19.3 Å². The molecule has 0 saturated carbocycles. The van der Waals surface area contributed by atoms with Crippen LogP contribution in [0.1, 0.15) is 64.3 Å². The summed E-state index contributed by atoms with van der Waals surface area (Å²) in [6, 6.07) is 10.8. The van der Waals surface area contributed by atoms with Crippen LogP contribution >= 0.6 is 0 Å². The van der Waals surface area contributed by atoms with Gasteiger partial charge in [-0.1, -0.05) is 68.8 Å². The number of rotatable bonds is 17. The molecule has 15 nitrogen and oxygen atoms in total. The summed E-state index contributed by atoms with van der Waals surface area (Å²) >= 11 is 0. The fourth-order valence-corrected chi connectivity index (χ4v) is 5.66. The summed E-state index contributed by atoms with van der Waals surface area (Å²) in [5, 5.41) is 16.4. The number of imide groups is 1. The lowest BCUT2D eigenvalue weighted by atomic mass is 9.94. The van der Waals surface area contributed by atoms with E-state index in [-0.39, 0.29) is 19.3 Å². The number of anilines is 1. The summed E-state index contributed by atoms with van der Waals surface area (Å²) in [5.41, 5.74) is 13.8. The minimum absolute atomic E-state index is 0.0349. The molecular weight excluding hydrogens is 682 g/mol. The van der Waals surface area contributed by atoms with Crippen molar-refractivity contribution in [2.45, 2.75) is 103 Å². The number of para-hydroxylation sites is 1. The molecule has 0 aliphatic rings. The second-order valence-electron chi connectivity index (χ2n) is 14.0. The third-order valence-corrected chi connectivity index (χ3v) is 8.68. The number of benzene rings is 2. The average Bonchev–Trinajstić information content (AvgIpc) is 3.62. The van der Waals surface area contributed by atoms with Crippen molar-refractivity contribution in [2.24, 2.45) is 11.7 Å². The lowest BCUT2D eigenvalue weighted by Crippen LogP contribution is -2.61. The molecule has 2 aromatic carbocycles. The van der Waals surface area contributed by atoms with Crippen molar-refractivity contribution < 1.29 is 38.6 Å². The lowest BCUT2D eigenvalue weighted by molar-refractivity contribution is -0.164. The summed E-state index contributed by atoms with van der Waals surface area (Å²) in [5.74, 6) is -4.07. The summed E-state index contributed by atoms with van der Waals surface area (Å²) in [7, 11) is 1.14. The fourth-order valence-electron chi connectivity index (χ4n) is 5.66. The molecule has 15 heteroatoms. The van der Waals surface area contributed by atoms with Gasteiger partial charge in [0, 0.05) is 36.5 Å². The van der Waals surface area contributed by atoms with E-state index in [1.807, 2.05) is 0 Å². The molecule has 0 bridgehead atoms. The van der Waals surface area contributed by atoms with Crippen molar-refractivity contribution in [2.75, 3.05) is 12.8 Å². The summed E-state index contributed by atoms with van der Waals surface area (Å²) < 4.78 is 10.5. The molecule has 8 N–H and O–H groups in total. The molecule has 288 valence electrons. The molecule has 6 atom stereocenters. The van der Waals surface area contributed by atoms with Gasteiger partial charge in [0.25, 0.3) is 5.91 Å². The van der Waals surface area contributed by atoms with Crippen molar-refractivity contribution in [3.05, 3.63) is 83.9 Å². The van der Waals surface area contributed by atoms with E-state index in [0.29, 0.717) is 28.9 Å². The number of aliphatic hydroxyl groups excluding tert-OH is 1. The Bertz CT molecular complexity index is 1660. The minimum atomic E-state index is -1.46. The number of imidazole rings is 1. The highest BCUT2D eigenvalue weighted by Crippen LogP contribution is 2.22. The molecule has 53 heavy (non-hydrogen) atoms. The van der Waals surface area contributed by atoms with Crippen LogP contribution < -0.4 is 22.1 Å². The number of H-pyrrole nitrogens is 1. The van der Waals surface area contributed by atoms with Gasteiger partial charge in [0.2, 0.25) is 11.8 Å². The molecule has 0 saturated heterocycles. The number of nitrogen functional groups attached to an aromatic ring is 1. The van der Waals surface area contributed by atoms with E-state index >= 15 is 0 Å². The second-order valence-corrected chi connectivity index (χ2v) is 14.0. The first-order valence-electron chi connectivity index (χ1n) is 17.6. The Kier molecular flexibility index (Phi) is 15.5. The monoisotopic (exact) mass is 735 g/mol. The van der Waals surface area contributed by atoms with Gasteiger partial charge in [0.05, 0.1) is 26.0 Å². The maximum absolute atomic E-state index is 14.7. The number of nitrogens with two attached hydrogens (primary N) is 2. The highest BCUT2D eigenvalue weighted by atomic mass is 16.6. The summed E-state index contributed by atoms with van der Waals surface area (Å²) in [6.07, 6.45) is 0.255. The number of amides is 4. The maximum Gasteiger partial charge on any atom is 0.408 e. The Labute approximate surface area is 310 Å². The highest BCUT2D eigenvalue weighted by molar-refractivity contribution is 6.03. The van der Waals surface area contributed by atoms with Crippen LogP contribution in [0, 0.1) is 5.92 Å². The maximum atomic E-state index is 14.7. The minimum Gasteiger partial charge on any atom is -0.467 e. The predicted molar refractivity (Wildman–Crippen MR) is 198 cm³/mol. The largest absolute Gasteiger partial charge is 0.467 e. The Morgan fingerprint density at radius 3 is 2.21 bits per heavy atom. The van der Waals surface area contributed by atoms with E-state index < -0.39 is 78.0 Å². The molecule has 4 amide bonds. The number of nitrogens with zero attached hydrogens (tertiary/aromatic N) is 2. The molecule has 0 aliphatic heterocycles. The number of aromatic amines is 1. The van der Waals surface area contributed by atoms with Gasteiger partial charge in [-0.25, -0.2) is 14.6 Å². The SMILES string of the molecule is CC[C@H](C)[C@@H](C(=O)OC)N(C(=O)CC(O)[C@@H](N)Cc1ccccc1N)C(=O)[C@H](Cc1cnc[nH]1)NC(=O)[C@H](Cc1ccccc1)NC(=O)OC(C)(C)C. The highest BCUT2D eigenvalue weighted by Gasteiger charge is 2.43. The number of aliphatic hydroxyl groups is 1. The smallest absolute Gasteiger partial charge is 0.408 e. The third-order valence-electron chi connectivity index (χ3n) is 8.68. The molecule has 0 fully saturated rings.